The molecule has 0 aliphatic carbocycles. The fourth-order valence-electron chi connectivity index (χ4n) is 0.142. The molecule has 2 N–H and O–H groups in total. The third-order valence-electron chi connectivity index (χ3n) is 0.287. The summed E-state index contributed by atoms with van der Waals surface area (Å²) in [7, 11) is -2.14. The van der Waals surface area contributed by atoms with Crippen LogP contribution in [0.1, 0.15) is 6.92 Å². The van der Waals surface area contributed by atoms with E-state index in [1.807, 2.05) is 0 Å². The molecule has 0 spiro atoms. The van der Waals surface area contributed by atoms with Crippen LogP contribution >= 0.6 is 0 Å². The van der Waals surface area contributed by atoms with E-state index in [2.05, 4.69) is 4.43 Å². The SMILES string of the molecule is CCO[Si](N)=O. The van der Waals surface area contributed by atoms with E-state index in [1.54, 1.807) is 6.92 Å². The number of rotatable bonds is 2. The van der Waals surface area contributed by atoms with Gasteiger partial charge in [0.1, 0.15) is 0 Å². The molecular weight excluding hydrogens is 98.1 g/mol. The largest absolute Gasteiger partial charge is 0.632 e. The highest BCUT2D eigenvalue weighted by atomic mass is 28.3. The molecule has 0 amide bonds. The maximum Gasteiger partial charge on any atom is 0.632 e. The molecule has 0 atom stereocenters. The molecule has 0 saturated heterocycles. The van der Waals surface area contributed by atoms with Crippen LogP contribution in [-0.4, -0.2) is 15.7 Å². The summed E-state index contributed by atoms with van der Waals surface area (Å²) >= 11 is 0. The van der Waals surface area contributed by atoms with Crippen molar-refractivity contribution in [1.29, 1.82) is 0 Å². The van der Waals surface area contributed by atoms with Gasteiger partial charge >= 0.3 is 9.09 Å². The van der Waals surface area contributed by atoms with Gasteiger partial charge in [-0.3, -0.25) is 0 Å². The van der Waals surface area contributed by atoms with Gasteiger partial charge in [-0.25, -0.2) is 0 Å². The summed E-state index contributed by atoms with van der Waals surface area (Å²) in [6.45, 7) is 2.18. The van der Waals surface area contributed by atoms with Crippen LogP contribution in [0.3, 0.4) is 0 Å². The average molecular weight is 105 g/mol. The van der Waals surface area contributed by atoms with Crippen molar-refractivity contribution in [2.45, 2.75) is 6.92 Å². The monoisotopic (exact) mass is 105 g/mol. The Bertz CT molecular complexity index is 55.5. The molecule has 0 fully saturated rings. The maximum absolute atomic E-state index is 9.78. The van der Waals surface area contributed by atoms with Crippen LogP contribution in [0.25, 0.3) is 0 Å². The fraction of sp³-hybridized carbons (Fsp3) is 1.00. The zero-order valence-electron chi connectivity index (χ0n) is 3.60. The van der Waals surface area contributed by atoms with Crippen LogP contribution < -0.4 is 5.40 Å². The van der Waals surface area contributed by atoms with E-state index in [-0.39, 0.29) is 0 Å². The van der Waals surface area contributed by atoms with Crippen LogP contribution in [-0.2, 0) is 8.89 Å². The lowest BCUT2D eigenvalue weighted by atomic mass is 10.9. The van der Waals surface area contributed by atoms with Gasteiger partial charge in [0.05, 0.1) is 6.61 Å². The van der Waals surface area contributed by atoms with Crippen molar-refractivity contribution in [3.05, 3.63) is 0 Å². The lowest BCUT2D eigenvalue weighted by Crippen LogP contribution is -2.17. The number of hydrogen-bond acceptors (Lipinski definition) is 2. The Labute approximate surface area is 38.0 Å². The van der Waals surface area contributed by atoms with E-state index in [4.69, 9.17) is 5.40 Å². The molecule has 0 aromatic rings. The molecule has 4 heteroatoms. The van der Waals surface area contributed by atoms with Crippen LogP contribution in [0.2, 0.25) is 0 Å². The second-order valence-corrected chi connectivity index (χ2v) is 1.68. The average Bonchev–Trinajstić information content (AvgIpc) is 1.35. The summed E-state index contributed by atoms with van der Waals surface area (Å²) < 4.78 is 14.2. The van der Waals surface area contributed by atoms with Gasteiger partial charge in [0, 0.05) is 0 Å². The minimum atomic E-state index is -2.14. The first-order valence-corrected chi connectivity index (χ1v) is 3.09. The molecule has 0 aliphatic heterocycles. The lowest BCUT2D eigenvalue weighted by molar-refractivity contribution is 0.308. The van der Waals surface area contributed by atoms with Gasteiger partial charge in [-0.05, 0) is 6.92 Å². The summed E-state index contributed by atoms with van der Waals surface area (Å²) in [5, 5.41) is 4.73. The Morgan fingerprint density at radius 1 is 2.00 bits per heavy atom. The standard InChI is InChI=1S/C2H7NO2Si/c1-2-5-6(3)4/h2-3H2,1H3. The van der Waals surface area contributed by atoms with Crippen molar-refractivity contribution in [2.24, 2.45) is 5.40 Å². The minimum absolute atomic E-state index is 0.439. The molecule has 0 aromatic carbocycles. The molecule has 0 aliphatic rings. The van der Waals surface area contributed by atoms with Crippen LogP contribution in [0, 0.1) is 0 Å². The van der Waals surface area contributed by atoms with Gasteiger partial charge in [-0.15, -0.1) is 0 Å². The van der Waals surface area contributed by atoms with Gasteiger partial charge in [-0.2, -0.15) is 0 Å². The molecule has 0 aromatic heterocycles. The quantitative estimate of drug-likeness (QED) is 0.477. The zero-order chi connectivity index (χ0) is 4.99. The van der Waals surface area contributed by atoms with E-state index >= 15 is 0 Å². The fourth-order valence-corrected chi connectivity index (χ4v) is 0.427. The molecule has 36 valence electrons. The predicted octanol–water partition coefficient (Wildman–Crippen LogP) is -0.603. The molecule has 0 heterocycles. The maximum atomic E-state index is 9.78. The zero-order valence-corrected chi connectivity index (χ0v) is 4.60. The lowest BCUT2D eigenvalue weighted by Gasteiger charge is -1.88. The first-order chi connectivity index (χ1) is 2.77. The molecule has 0 radical (unpaired) electrons. The van der Waals surface area contributed by atoms with E-state index in [9.17, 15) is 4.46 Å². The molecule has 3 nitrogen and oxygen atoms in total. The van der Waals surface area contributed by atoms with E-state index < -0.39 is 9.09 Å². The smallest absolute Gasteiger partial charge is 0.510 e. The third-order valence-corrected chi connectivity index (χ3v) is 0.860. The van der Waals surface area contributed by atoms with Crippen molar-refractivity contribution < 1.29 is 8.89 Å². The van der Waals surface area contributed by atoms with Gasteiger partial charge in [0.2, 0.25) is 0 Å². The summed E-state index contributed by atoms with van der Waals surface area (Å²) in [6.07, 6.45) is 0. The van der Waals surface area contributed by atoms with Gasteiger partial charge in [0.25, 0.3) is 0 Å². The van der Waals surface area contributed by atoms with Crippen LogP contribution in [0.5, 0.6) is 0 Å². The Kier molecular flexibility index (Phi) is 2.65. The van der Waals surface area contributed by atoms with Crippen molar-refractivity contribution in [1.82, 2.24) is 0 Å². The van der Waals surface area contributed by atoms with Crippen molar-refractivity contribution in [2.75, 3.05) is 6.61 Å². The van der Waals surface area contributed by atoms with E-state index in [0.29, 0.717) is 6.61 Å². The van der Waals surface area contributed by atoms with E-state index in [1.165, 1.54) is 0 Å². The van der Waals surface area contributed by atoms with Gasteiger partial charge in [0.15, 0.2) is 0 Å². The Balaban J connectivity index is 2.83. The second kappa shape index (κ2) is 2.83. The van der Waals surface area contributed by atoms with Gasteiger partial charge in [-0.1, -0.05) is 0 Å². The number of hydrogen-bond donors (Lipinski definition) is 1. The summed E-state index contributed by atoms with van der Waals surface area (Å²) in [5.74, 6) is 0. The molecule has 0 bridgehead atoms. The van der Waals surface area contributed by atoms with Crippen molar-refractivity contribution >= 4 is 9.09 Å². The first kappa shape index (κ1) is 5.62. The molecule has 0 saturated carbocycles. The molecule has 0 rings (SSSR count). The van der Waals surface area contributed by atoms with Crippen LogP contribution in [0.4, 0.5) is 0 Å². The minimum Gasteiger partial charge on any atom is -0.510 e. The molecule has 6 heavy (non-hydrogen) atoms. The first-order valence-electron chi connectivity index (χ1n) is 1.69. The normalized spacial score (nSPS) is 7.50. The molecule has 0 unspecified atom stereocenters. The summed E-state index contributed by atoms with van der Waals surface area (Å²) in [4.78, 5) is 0. The summed E-state index contributed by atoms with van der Waals surface area (Å²) in [5.41, 5.74) is 0. The van der Waals surface area contributed by atoms with Crippen LogP contribution in [0.15, 0.2) is 0 Å². The van der Waals surface area contributed by atoms with Gasteiger partial charge < -0.3 is 14.3 Å². The van der Waals surface area contributed by atoms with E-state index in [0.717, 1.165) is 0 Å². The highest BCUT2D eigenvalue weighted by Crippen LogP contribution is 1.60. The topological polar surface area (TPSA) is 52.3 Å². The second-order valence-electron chi connectivity index (χ2n) is 0.752. The summed E-state index contributed by atoms with van der Waals surface area (Å²) in [6, 6.07) is 0. The number of nitrogens with two attached hydrogens (primary N) is 1. The Morgan fingerprint density at radius 3 is 2.50 bits per heavy atom. The third kappa shape index (κ3) is 3.62. The van der Waals surface area contributed by atoms with Crippen molar-refractivity contribution in [3.8, 4) is 0 Å². The highest BCUT2D eigenvalue weighted by Gasteiger charge is 1.91. The highest BCUT2D eigenvalue weighted by molar-refractivity contribution is 6.30. The molecular formula is C2H7NO2Si. The Morgan fingerprint density at radius 2 is 2.50 bits per heavy atom. The predicted molar refractivity (Wildman–Crippen MR) is 22.3 cm³/mol. The Hall–Kier alpha value is -0.383. The van der Waals surface area contributed by atoms with Crippen molar-refractivity contribution in [3.63, 3.8) is 0 Å².